The zero-order chi connectivity index (χ0) is 21.2. The summed E-state index contributed by atoms with van der Waals surface area (Å²) in [6.45, 7) is 4.96. The number of nitriles is 1. The van der Waals surface area contributed by atoms with Crippen LogP contribution in [0, 0.1) is 11.3 Å². The van der Waals surface area contributed by atoms with E-state index in [1.807, 2.05) is 18.2 Å². The molecule has 0 amide bonds. The molecule has 3 aliphatic rings. The van der Waals surface area contributed by atoms with E-state index < -0.39 is 0 Å². The molecule has 158 valence electrons. The predicted molar refractivity (Wildman–Crippen MR) is 124 cm³/mol. The summed E-state index contributed by atoms with van der Waals surface area (Å²) < 4.78 is 0. The molecule has 0 radical (unpaired) electrons. The van der Waals surface area contributed by atoms with Gasteiger partial charge in [-0.1, -0.05) is 36.4 Å². The molecule has 5 rings (SSSR count). The number of fused-ring (bicyclic) bond motifs is 3. The van der Waals surface area contributed by atoms with Crippen LogP contribution in [0.1, 0.15) is 48.1 Å². The summed E-state index contributed by atoms with van der Waals surface area (Å²) in [7, 11) is 0. The van der Waals surface area contributed by atoms with Gasteiger partial charge in [0, 0.05) is 24.3 Å². The highest BCUT2D eigenvalue weighted by molar-refractivity contribution is 5.76. The Hall–Kier alpha value is -3.27. The van der Waals surface area contributed by atoms with Gasteiger partial charge in [0.2, 0.25) is 0 Å². The highest BCUT2D eigenvalue weighted by Crippen LogP contribution is 2.39. The van der Waals surface area contributed by atoms with Gasteiger partial charge in [-0.3, -0.25) is 5.01 Å². The van der Waals surface area contributed by atoms with Gasteiger partial charge in [0.25, 0.3) is 0 Å². The first-order valence-corrected chi connectivity index (χ1v) is 11.0. The van der Waals surface area contributed by atoms with Crippen molar-refractivity contribution >= 4 is 17.0 Å². The van der Waals surface area contributed by atoms with E-state index in [1.165, 1.54) is 28.0 Å². The standard InChI is InChI=1S/C25H28N6/c1-17-25-21-7-6-20(18-9-13-27-14-10-18)16-22(21)24(11-15-31(25)30-29-17)28-23-5-3-2-4-19(23)8-12-26/h2-7,9,16,24,27-30H,8,10-11,13-15H2,1H3. The molecule has 1 atom stereocenters. The number of rotatable bonds is 4. The number of hydrogen-bond acceptors (Lipinski definition) is 6. The van der Waals surface area contributed by atoms with Crippen molar-refractivity contribution in [1.29, 1.82) is 5.26 Å². The molecule has 6 heteroatoms. The number of para-hydroxylation sites is 1. The number of benzene rings is 2. The van der Waals surface area contributed by atoms with Gasteiger partial charge in [-0.05, 0) is 60.7 Å². The lowest BCUT2D eigenvalue weighted by Crippen LogP contribution is -2.38. The van der Waals surface area contributed by atoms with Crippen LogP contribution in [0.2, 0.25) is 0 Å². The zero-order valence-electron chi connectivity index (χ0n) is 17.8. The zero-order valence-corrected chi connectivity index (χ0v) is 17.8. The summed E-state index contributed by atoms with van der Waals surface area (Å²) >= 11 is 0. The van der Waals surface area contributed by atoms with Gasteiger partial charge in [-0.25, -0.2) is 0 Å². The average Bonchev–Trinajstić information content (AvgIpc) is 3.10. The molecule has 2 aromatic carbocycles. The van der Waals surface area contributed by atoms with E-state index in [0.717, 1.165) is 49.4 Å². The molecule has 0 saturated carbocycles. The van der Waals surface area contributed by atoms with Crippen molar-refractivity contribution < 1.29 is 0 Å². The topological polar surface area (TPSA) is 75.1 Å². The van der Waals surface area contributed by atoms with Crippen LogP contribution >= 0.6 is 0 Å². The third-order valence-corrected chi connectivity index (χ3v) is 6.38. The minimum Gasteiger partial charge on any atom is -0.378 e. The van der Waals surface area contributed by atoms with Crippen molar-refractivity contribution in [2.24, 2.45) is 0 Å². The highest BCUT2D eigenvalue weighted by atomic mass is 15.7. The molecule has 0 aromatic heterocycles. The summed E-state index contributed by atoms with van der Waals surface area (Å²) in [4.78, 5) is 0. The lowest BCUT2D eigenvalue weighted by Gasteiger charge is -2.23. The average molecular weight is 413 g/mol. The molecular weight excluding hydrogens is 384 g/mol. The van der Waals surface area contributed by atoms with Crippen molar-refractivity contribution in [3.63, 3.8) is 0 Å². The van der Waals surface area contributed by atoms with Crippen molar-refractivity contribution in [3.05, 3.63) is 76.5 Å². The van der Waals surface area contributed by atoms with Crippen LogP contribution in [0.3, 0.4) is 0 Å². The number of nitrogens with zero attached hydrogens (tertiary/aromatic N) is 2. The van der Waals surface area contributed by atoms with Gasteiger partial charge in [0.15, 0.2) is 0 Å². The smallest absolute Gasteiger partial charge is 0.0814 e. The number of allylic oxidation sites excluding steroid dienone is 1. The number of hydrazine groups is 2. The Labute approximate surface area is 183 Å². The van der Waals surface area contributed by atoms with Crippen molar-refractivity contribution in [1.82, 2.24) is 21.3 Å². The molecule has 6 nitrogen and oxygen atoms in total. The maximum Gasteiger partial charge on any atom is 0.0814 e. The Balaban J connectivity index is 1.59. The minimum absolute atomic E-state index is 0.157. The molecule has 0 bridgehead atoms. The molecule has 31 heavy (non-hydrogen) atoms. The molecule has 0 fully saturated rings. The molecule has 1 unspecified atom stereocenters. The van der Waals surface area contributed by atoms with Gasteiger partial charge in [0.05, 0.1) is 29.9 Å². The van der Waals surface area contributed by atoms with E-state index in [1.54, 1.807) is 0 Å². The van der Waals surface area contributed by atoms with Crippen molar-refractivity contribution in [2.75, 3.05) is 25.0 Å². The molecule has 4 N–H and O–H groups in total. The monoisotopic (exact) mass is 412 g/mol. The van der Waals surface area contributed by atoms with E-state index in [-0.39, 0.29) is 6.04 Å². The fraction of sp³-hybridized carbons (Fsp3) is 0.320. The van der Waals surface area contributed by atoms with Crippen LogP contribution in [0.25, 0.3) is 11.3 Å². The van der Waals surface area contributed by atoms with Crippen LogP contribution < -0.4 is 21.6 Å². The first-order chi connectivity index (χ1) is 15.2. The lowest BCUT2D eigenvalue weighted by atomic mass is 9.90. The Morgan fingerprint density at radius 1 is 1.23 bits per heavy atom. The van der Waals surface area contributed by atoms with Crippen molar-refractivity contribution in [3.8, 4) is 6.07 Å². The molecule has 0 saturated heterocycles. The maximum absolute atomic E-state index is 9.25. The van der Waals surface area contributed by atoms with Gasteiger partial charge in [-0.15, -0.1) is 5.53 Å². The number of hydrogen-bond donors (Lipinski definition) is 4. The third kappa shape index (κ3) is 3.78. The van der Waals surface area contributed by atoms with Crippen LogP contribution in [0.4, 0.5) is 5.69 Å². The molecule has 3 heterocycles. The highest BCUT2D eigenvalue weighted by Gasteiger charge is 2.30. The number of anilines is 1. The minimum atomic E-state index is 0.157. The molecule has 0 spiro atoms. The second-order valence-electron chi connectivity index (χ2n) is 8.33. The fourth-order valence-corrected chi connectivity index (χ4v) is 4.79. The molecule has 2 aromatic rings. The van der Waals surface area contributed by atoms with E-state index in [2.05, 4.69) is 69.9 Å². The van der Waals surface area contributed by atoms with E-state index in [0.29, 0.717) is 6.42 Å². The van der Waals surface area contributed by atoms with Crippen LogP contribution in [0.15, 0.2) is 54.2 Å². The predicted octanol–water partition coefficient (Wildman–Crippen LogP) is 3.70. The lowest BCUT2D eigenvalue weighted by molar-refractivity contribution is 0.281. The Kier molecular flexibility index (Phi) is 5.37. The SMILES string of the molecule is CC1=C2c3ccc(C4=CCNCC4)cc3C(Nc3ccccc3CC#N)CCN2NN1. The summed E-state index contributed by atoms with van der Waals surface area (Å²) in [5.41, 5.74) is 16.3. The molecule has 0 aliphatic carbocycles. The van der Waals surface area contributed by atoms with Gasteiger partial charge in [-0.2, -0.15) is 5.26 Å². The first kappa shape index (κ1) is 19.7. The second kappa shape index (κ2) is 8.46. The Morgan fingerprint density at radius 3 is 2.97 bits per heavy atom. The summed E-state index contributed by atoms with van der Waals surface area (Å²) in [5.74, 6) is 0. The Bertz CT molecular complexity index is 1090. The fourth-order valence-electron chi connectivity index (χ4n) is 4.79. The summed E-state index contributed by atoms with van der Waals surface area (Å²) in [5, 5.41) is 18.7. The van der Waals surface area contributed by atoms with Crippen LogP contribution in [0.5, 0.6) is 0 Å². The third-order valence-electron chi connectivity index (χ3n) is 6.38. The largest absolute Gasteiger partial charge is 0.378 e. The quantitative estimate of drug-likeness (QED) is 0.614. The normalized spacial score (nSPS) is 20.2. The van der Waals surface area contributed by atoms with E-state index in [9.17, 15) is 5.26 Å². The van der Waals surface area contributed by atoms with Crippen LogP contribution in [-0.4, -0.2) is 24.6 Å². The molecule has 3 aliphatic heterocycles. The maximum atomic E-state index is 9.25. The Morgan fingerprint density at radius 2 is 2.13 bits per heavy atom. The van der Waals surface area contributed by atoms with E-state index in [4.69, 9.17) is 0 Å². The second-order valence-corrected chi connectivity index (χ2v) is 8.33. The first-order valence-electron chi connectivity index (χ1n) is 11.0. The van der Waals surface area contributed by atoms with Gasteiger partial charge >= 0.3 is 0 Å². The van der Waals surface area contributed by atoms with Gasteiger partial charge < -0.3 is 16.1 Å². The molecular formula is C25H28N6. The summed E-state index contributed by atoms with van der Waals surface area (Å²) in [6, 6.07) is 17.5. The van der Waals surface area contributed by atoms with Gasteiger partial charge in [0.1, 0.15) is 0 Å². The van der Waals surface area contributed by atoms with Crippen molar-refractivity contribution in [2.45, 2.75) is 32.2 Å². The summed E-state index contributed by atoms with van der Waals surface area (Å²) in [6.07, 6.45) is 4.72. The van der Waals surface area contributed by atoms with E-state index >= 15 is 0 Å². The number of nitrogens with one attached hydrogen (secondary N) is 4. The van der Waals surface area contributed by atoms with Crippen LogP contribution in [-0.2, 0) is 6.42 Å².